The van der Waals surface area contributed by atoms with Gasteiger partial charge in [0.05, 0.1) is 0 Å². The zero-order valence-electron chi connectivity index (χ0n) is 16.1. The minimum atomic E-state index is 0. The fourth-order valence-electron chi connectivity index (χ4n) is 5.42. The number of hydrogen-bond acceptors (Lipinski definition) is 3. The number of fused-ring (bicyclic) bond motifs is 3. The van der Waals surface area contributed by atoms with Crippen LogP contribution in [0.4, 0.5) is 5.69 Å². The summed E-state index contributed by atoms with van der Waals surface area (Å²) in [5, 5.41) is 3.21. The summed E-state index contributed by atoms with van der Waals surface area (Å²) in [4.78, 5) is 15.1. The molecule has 1 amide bonds. The van der Waals surface area contributed by atoms with E-state index in [9.17, 15) is 4.79 Å². The van der Waals surface area contributed by atoms with E-state index >= 15 is 0 Å². The van der Waals surface area contributed by atoms with Crippen molar-refractivity contribution in [2.45, 2.75) is 57.5 Å². The Morgan fingerprint density at radius 2 is 1.85 bits per heavy atom. The van der Waals surface area contributed by atoms with Crippen LogP contribution in [-0.2, 0) is 11.2 Å². The number of hydrogen-bond donors (Lipinski definition) is 2. The largest absolute Gasteiger partial charge is 0.367 e. The molecule has 1 aliphatic heterocycles. The normalized spacial score (nSPS) is 31.3. The third kappa shape index (κ3) is 4.55. The van der Waals surface area contributed by atoms with Crippen molar-refractivity contribution in [3.05, 3.63) is 29.8 Å². The molecule has 3 atom stereocenters. The van der Waals surface area contributed by atoms with Gasteiger partial charge in [-0.15, -0.1) is 24.8 Å². The minimum absolute atomic E-state index is 0. The Bertz CT molecular complexity index is 628. The first-order valence-corrected chi connectivity index (χ1v) is 10.0. The van der Waals surface area contributed by atoms with Gasteiger partial charge in [-0.25, -0.2) is 0 Å². The molecule has 2 fully saturated rings. The van der Waals surface area contributed by atoms with Crippen LogP contribution in [0.25, 0.3) is 0 Å². The maximum atomic E-state index is 12.7. The van der Waals surface area contributed by atoms with Crippen molar-refractivity contribution >= 4 is 36.4 Å². The molecule has 2 saturated carbocycles. The molecular weight excluding hydrogens is 381 g/mol. The lowest BCUT2D eigenvalue weighted by Crippen LogP contribution is -2.49. The molecule has 4 nitrogen and oxygen atoms in total. The number of anilines is 1. The lowest BCUT2D eigenvalue weighted by Gasteiger charge is -2.43. The van der Waals surface area contributed by atoms with E-state index in [1.807, 2.05) is 0 Å². The molecule has 2 bridgehead atoms. The molecular formula is C21H33Cl2N3O. The first-order chi connectivity index (χ1) is 12.1. The predicted molar refractivity (Wildman–Crippen MR) is 116 cm³/mol. The molecule has 6 heteroatoms. The number of para-hydroxylation sites is 1. The van der Waals surface area contributed by atoms with Crippen LogP contribution >= 0.6 is 24.8 Å². The number of carbonyl (C=O) groups is 1. The van der Waals surface area contributed by atoms with Crippen molar-refractivity contribution in [2.75, 3.05) is 18.0 Å². The van der Waals surface area contributed by atoms with Gasteiger partial charge in [0.2, 0.25) is 5.91 Å². The maximum absolute atomic E-state index is 12.7. The van der Waals surface area contributed by atoms with E-state index in [0.29, 0.717) is 23.9 Å². The molecule has 2 aliphatic carbocycles. The van der Waals surface area contributed by atoms with E-state index in [1.165, 1.54) is 30.5 Å². The lowest BCUT2D eigenvalue weighted by atomic mass is 9.65. The SMILES string of the molecule is CC1Cc2ccccc2N1CCNC(=O)C1CC2CCCC(C1)C2N.Cl.Cl. The molecule has 1 aromatic rings. The second-order valence-electron chi connectivity index (χ2n) is 8.36. The summed E-state index contributed by atoms with van der Waals surface area (Å²) in [6, 6.07) is 9.48. The van der Waals surface area contributed by atoms with Crippen LogP contribution < -0.4 is 16.0 Å². The van der Waals surface area contributed by atoms with Crippen LogP contribution in [0.2, 0.25) is 0 Å². The standard InChI is InChI=1S/C21H31N3O.2ClH/c1-14-11-15-5-2-3-8-19(15)24(14)10-9-23-21(25)18-12-16-6-4-7-17(13-18)20(16)22;;/h2-3,5,8,14,16-18,20H,4,6-7,9-13,22H2,1H3,(H,23,25);2*1H. The number of halogens is 2. The monoisotopic (exact) mass is 413 g/mol. The highest BCUT2D eigenvalue weighted by Crippen LogP contribution is 2.41. The predicted octanol–water partition coefficient (Wildman–Crippen LogP) is 3.55. The fraction of sp³-hybridized carbons (Fsp3) is 0.667. The van der Waals surface area contributed by atoms with Crippen LogP contribution in [-0.4, -0.2) is 31.1 Å². The summed E-state index contributed by atoms with van der Waals surface area (Å²) in [6.07, 6.45) is 6.81. The van der Waals surface area contributed by atoms with Crippen LogP contribution in [0.3, 0.4) is 0 Å². The van der Waals surface area contributed by atoms with Crippen molar-refractivity contribution in [3.8, 4) is 0 Å². The average molecular weight is 414 g/mol. The number of nitrogens with two attached hydrogens (primary N) is 1. The average Bonchev–Trinajstić information content (AvgIpc) is 2.90. The van der Waals surface area contributed by atoms with Gasteiger partial charge in [0, 0.05) is 36.8 Å². The van der Waals surface area contributed by atoms with Crippen molar-refractivity contribution in [1.82, 2.24) is 5.32 Å². The molecule has 0 saturated heterocycles. The van der Waals surface area contributed by atoms with E-state index in [-0.39, 0.29) is 36.6 Å². The second-order valence-corrected chi connectivity index (χ2v) is 8.36. The minimum Gasteiger partial charge on any atom is -0.367 e. The third-order valence-corrected chi connectivity index (χ3v) is 6.78. The Morgan fingerprint density at radius 3 is 2.56 bits per heavy atom. The van der Waals surface area contributed by atoms with Gasteiger partial charge in [-0.05, 0) is 62.5 Å². The van der Waals surface area contributed by atoms with Crippen LogP contribution in [0.15, 0.2) is 24.3 Å². The van der Waals surface area contributed by atoms with Crippen molar-refractivity contribution in [3.63, 3.8) is 0 Å². The smallest absolute Gasteiger partial charge is 0.223 e. The van der Waals surface area contributed by atoms with Crippen molar-refractivity contribution < 1.29 is 4.79 Å². The lowest BCUT2D eigenvalue weighted by molar-refractivity contribution is -0.127. The van der Waals surface area contributed by atoms with Gasteiger partial charge in [-0.3, -0.25) is 4.79 Å². The highest BCUT2D eigenvalue weighted by atomic mass is 35.5. The number of carbonyl (C=O) groups excluding carboxylic acids is 1. The molecule has 0 radical (unpaired) electrons. The molecule has 152 valence electrons. The highest BCUT2D eigenvalue weighted by Gasteiger charge is 2.40. The van der Waals surface area contributed by atoms with E-state index in [0.717, 1.165) is 32.4 Å². The van der Waals surface area contributed by atoms with Crippen LogP contribution in [0, 0.1) is 17.8 Å². The van der Waals surface area contributed by atoms with Crippen molar-refractivity contribution in [1.29, 1.82) is 0 Å². The molecule has 4 rings (SSSR count). The highest BCUT2D eigenvalue weighted by molar-refractivity contribution is 5.85. The van der Waals surface area contributed by atoms with E-state index < -0.39 is 0 Å². The molecule has 3 N–H and O–H groups in total. The number of nitrogens with one attached hydrogen (secondary N) is 1. The summed E-state index contributed by atoms with van der Waals surface area (Å²) in [6.45, 7) is 3.89. The Morgan fingerprint density at radius 1 is 1.19 bits per heavy atom. The van der Waals surface area contributed by atoms with Gasteiger partial charge >= 0.3 is 0 Å². The molecule has 1 heterocycles. The Labute approximate surface area is 175 Å². The van der Waals surface area contributed by atoms with E-state index in [1.54, 1.807) is 0 Å². The zero-order chi connectivity index (χ0) is 17.4. The quantitative estimate of drug-likeness (QED) is 0.792. The number of amides is 1. The molecule has 0 spiro atoms. The topological polar surface area (TPSA) is 58.4 Å². The molecule has 3 unspecified atom stereocenters. The third-order valence-electron chi connectivity index (χ3n) is 6.78. The van der Waals surface area contributed by atoms with Gasteiger partial charge in [0.15, 0.2) is 0 Å². The number of benzene rings is 1. The Kier molecular flexibility index (Phi) is 7.84. The van der Waals surface area contributed by atoms with Crippen molar-refractivity contribution in [2.24, 2.45) is 23.5 Å². The first kappa shape index (κ1) is 22.3. The van der Waals surface area contributed by atoms with Crippen LogP contribution in [0.1, 0.15) is 44.6 Å². The Hall–Kier alpha value is -0.970. The molecule has 1 aromatic carbocycles. The molecule has 27 heavy (non-hydrogen) atoms. The maximum Gasteiger partial charge on any atom is 0.223 e. The summed E-state index contributed by atoms with van der Waals surface area (Å²) < 4.78 is 0. The zero-order valence-corrected chi connectivity index (χ0v) is 17.7. The summed E-state index contributed by atoms with van der Waals surface area (Å²) in [5.74, 6) is 1.56. The first-order valence-electron chi connectivity index (χ1n) is 10.0. The molecule has 3 aliphatic rings. The van der Waals surface area contributed by atoms with Gasteiger partial charge in [-0.2, -0.15) is 0 Å². The van der Waals surface area contributed by atoms with Crippen LogP contribution in [0.5, 0.6) is 0 Å². The number of rotatable bonds is 4. The van der Waals surface area contributed by atoms with Gasteiger partial charge in [0.1, 0.15) is 0 Å². The second kappa shape index (κ2) is 9.49. The van der Waals surface area contributed by atoms with E-state index in [2.05, 4.69) is 41.4 Å². The van der Waals surface area contributed by atoms with Gasteiger partial charge in [-0.1, -0.05) is 24.6 Å². The Balaban J connectivity index is 0.00000131. The number of nitrogens with zero attached hydrogens (tertiary/aromatic N) is 1. The fourth-order valence-corrected chi connectivity index (χ4v) is 5.42. The van der Waals surface area contributed by atoms with E-state index in [4.69, 9.17) is 5.73 Å². The van der Waals surface area contributed by atoms with Gasteiger partial charge in [0.25, 0.3) is 0 Å². The molecule has 0 aromatic heterocycles. The van der Waals surface area contributed by atoms with Gasteiger partial charge < -0.3 is 16.0 Å². The summed E-state index contributed by atoms with van der Waals surface area (Å²) >= 11 is 0. The summed E-state index contributed by atoms with van der Waals surface area (Å²) in [5.41, 5.74) is 9.11. The summed E-state index contributed by atoms with van der Waals surface area (Å²) in [7, 11) is 0.